The zero-order valence-corrected chi connectivity index (χ0v) is 13.2. The minimum atomic E-state index is -0.385. The molecule has 2 aliphatic rings. The van der Waals surface area contributed by atoms with Crippen molar-refractivity contribution in [2.75, 3.05) is 32.8 Å². The predicted molar refractivity (Wildman–Crippen MR) is 81.9 cm³/mol. The van der Waals surface area contributed by atoms with E-state index in [1.807, 2.05) is 0 Å². The number of hydrogen-bond donors (Lipinski definition) is 0. The first-order valence-corrected chi connectivity index (χ1v) is 7.69. The van der Waals surface area contributed by atoms with Crippen LogP contribution in [-0.2, 0) is 25.4 Å². The molecule has 23 heavy (non-hydrogen) atoms. The molecule has 1 fully saturated rings. The highest BCUT2D eigenvalue weighted by molar-refractivity contribution is 5.72. The molecule has 0 amide bonds. The molecule has 2 aromatic heterocycles. The third kappa shape index (κ3) is 2.19. The van der Waals surface area contributed by atoms with E-state index in [1.54, 1.807) is 11.6 Å². The first-order chi connectivity index (χ1) is 11.1. The number of aromatic nitrogens is 4. The van der Waals surface area contributed by atoms with E-state index < -0.39 is 0 Å². The Balaban J connectivity index is 1.67. The number of imidazole rings is 1. The second-order valence-electron chi connectivity index (χ2n) is 6.04. The fourth-order valence-electron chi connectivity index (χ4n) is 3.24. The van der Waals surface area contributed by atoms with Crippen molar-refractivity contribution in [3.63, 3.8) is 0 Å². The van der Waals surface area contributed by atoms with Crippen molar-refractivity contribution in [2.24, 2.45) is 14.1 Å². The molecule has 1 saturated heterocycles. The summed E-state index contributed by atoms with van der Waals surface area (Å²) < 4.78 is 15.5. The van der Waals surface area contributed by atoms with E-state index in [0.717, 1.165) is 37.4 Å². The Labute approximate surface area is 131 Å². The highest BCUT2D eigenvalue weighted by Crippen LogP contribution is 2.25. The Morgan fingerprint density at radius 2 is 1.91 bits per heavy atom. The van der Waals surface area contributed by atoms with E-state index in [4.69, 9.17) is 9.47 Å². The maximum Gasteiger partial charge on any atom is 0.332 e. The number of aryl methyl sites for hydroxylation is 1. The van der Waals surface area contributed by atoms with E-state index in [9.17, 15) is 9.59 Å². The van der Waals surface area contributed by atoms with Gasteiger partial charge in [0, 0.05) is 33.7 Å². The summed E-state index contributed by atoms with van der Waals surface area (Å²) in [6.45, 7) is 4.60. The molecule has 0 spiro atoms. The Morgan fingerprint density at radius 1 is 1.17 bits per heavy atom. The number of nitrogens with zero attached hydrogens (tertiary/aromatic N) is 5. The summed E-state index contributed by atoms with van der Waals surface area (Å²) >= 11 is 0. The number of fused-ring (bicyclic) bond motifs is 3. The highest BCUT2D eigenvalue weighted by atomic mass is 16.5. The van der Waals surface area contributed by atoms with Gasteiger partial charge >= 0.3 is 5.69 Å². The van der Waals surface area contributed by atoms with Crippen LogP contribution in [0.25, 0.3) is 11.2 Å². The zero-order chi connectivity index (χ0) is 16.1. The lowest BCUT2D eigenvalue weighted by atomic mass is 10.3. The minimum Gasteiger partial charge on any atom is -0.458 e. The summed E-state index contributed by atoms with van der Waals surface area (Å²) in [6, 6.07) is 0.413. The summed E-state index contributed by atoms with van der Waals surface area (Å²) in [5.74, 6) is 0. The Hall–Kier alpha value is -2.13. The molecule has 9 heteroatoms. The van der Waals surface area contributed by atoms with Gasteiger partial charge in [0.2, 0.25) is 0 Å². The lowest BCUT2D eigenvalue weighted by Crippen LogP contribution is -2.42. The van der Waals surface area contributed by atoms with Gasteiger partial charge in [-0.2, -0.15) is 4.98 Å². The summed E-state index contributed by atoms with van der Waals surface area (Å²) in [7, 11) is 3.09. The summed E-state index contributed by atoms with van der Waals surface area (Å²) in [4.78, 5) is 31.0. The number of rotatable bonds is 2. The van der Waals surface area contributed by atoms with Gasteiger partial charge in [0.1, 0.15) is 6.10 Å². The third-order valence-corrected chi connectivity index (χ3v) is 4.54. The Bertz CT molecular complexity index is 874. The number of hydrogen-bond acceptors (Lipinski definition) is 6. The van der Waals surface area contributed by atoms with Crippen LogP contribution in [0.5, 0.6) is 6.01 Å². The molecule has 2 aliphatic heterocycles. The highest BCUT2D eigenvalue weighted by Gasteiger charge is 2.31. The van der Waals surface area contributed by atoms with Crippen molar-refractivity contribution in [1.82, 2.24) is 23.6 Å². The van der Waals surface area contributed by atoms with Gasteiger partial charge in [0.05, 0.1) is 19.8 Å². The third-order valence-electron chi connectivity index (χ3n) is 4.54. The molecule has 0 radical (unpaired) electrons. The quantitative estimate of drug-likeness (QED) is 0.671. The van der Waals surface area contributed by atoms with E-state index in [2.05, 4.69) is 9.88 Å². The van der Waals surface area contributed by atoms with Crippen LogP contribution in [0.2, 0.25) is 0 Å². The molecule has 0 aliphatic carbocycles. The molecule has 0 unspecified atom stereocenters. The monoisotopic (exact) mass is 321 g/mol. The SMILES string of the molecule is Cn1c(=O)c2c(nc3n2C[C@@H](CN2CCOCC2)O3)n(C)c1=O. The lowest BCUT2D eigenvalue weighted by Gasteiger charge is -2.28. The predicted octanol–water partition coefficient (Wildman–Crippen LogP) is -1.47. The molecule has 9 nitrogen and oxygen atoms in total. The molecule has 0 saturated carbocycles. The van der Waals surface area contributed by atoms with Gasteiger partial charge in [-0.25, -0.2) is 4.79 Å². The van der Waals surface area contributed by atoms with Crippen molar-refractivity contribution < 1.29 is 9.47 Å². The van der Waals surface area contributed by atoms with E-state index in [0.29, 0.717) is 23.7 Å². The van der Waals surface area contributed by atoms with Gasteiger partial charge < -0.3 is 9.47 Å². The lowest BCUT2D eigenvalue weighted by molar-refractivity contribution is 0.0216. The molecule has 0 bridgehead atoms. The van der Waals surface area contributed by atoms with Gasteiger partial charge in [0.25, 0.3) is 11.6 Å². The van der Waals surface area contributed by atoms with Crippen LogP contribution in [0.15, 0.2) is 9.59 Å². The van der Waals surface area contributed by atoms with Gasteiger partial charge in [-0.05, 0) is 0 Å². The van der Waals surface area contributed by atoms with Crippen molar-refractivity contribution >= 4 is 11.2 Å². The maximum absolute atomic E-state index is 12.4. The van der Waals surface area contributed by atoms with Crippen LogP contribution in [0.3, 0.4) is 0 Å². The average molecular weight is 321 g/mol. The van der Waals surface area contributed by atoms with Gasteiger partial charge in [-0.3, -0.25) is 23.4 Å². The summed E-state index contributed by atoms with van der Waals surface area (Å²) in [5.41, 5.74) is 0.0774. The Kier molecular flexibility index (Phi) is 3.27. The van der Waals surface area contributed by atoms with E-state index in [-0.39, 0.29) is 17.4 Å². The number of morpholine rings is 1. The fourth-order valence-corrected chi connectivity index (χ4v) is 3.24. The molecule has 4 heterocycles. The first kappa shape index (κ1) is 14.5. The van der Waals surface area contributed by atoms with E-state index in [1.165, 1.54) is 11.6 Å². The molecule has 2 aromatic rings. The average Bonchev–Trinajstić information content (AvgIpc) is 3.09. The summed E-state index contributed by atoms with van der Waals surface area (Å²) in [5, 5.41) is 0. The smallest absolute Gasteiger partial charge is 0.332 e. The molecule has 124 valence electrons. The fraction of sp³-hybridized carbons (Fsp3) is 0.643. The zero-order valence-electron chi connectivity index (χ0n) is 13.2. The molecular weight excluding hydrogens is 302 g/mol. The molecular formula is C14H19N5O4. The standard InChI is InChI=1S/C14H19N5O4/c1-16-11-10(12(20)17(2)14(16)21)19-8-9(23-13(19)15-11)7-18-3-5-22-6-4-18/h9H,3-8H2,1-2H3/t9-/m1/s1. The topological polar surface area (TPSA) is 83.5 Å². The Morgan fingerprint density at radius 3 is 2.65 bits per heavy atom. The molecule has 1 atom stereocenters. The van der Waals surface area contributed by atoms with Crippen molar-refractivity contribution in [3.05, 3.63) is 20.8 Å². The first-order valence-electron chi connectivity index (χ1n) is 7.69. The van der Waals surface area contributed by atoms with Crippen LogP contribution in [-0.4, -0.2) is 62.5 Å². The van der Waals surface area contributed by atoms with Crippen molar-refractivity contribution in [3.8, 4) is 6.01 Å². The van der Waals surface area contributed by atoms with Crippen LogP contribution >= 0.6 is 0 Å². The second-order valence-corrected chi connectivity index (χ2v) is 6.04. The van der Waals surface area contributed by atoms with Gasteiger partial charge in [-0.15, -0.1) is 0 Å². The van der Waals surface area contributed by atoms with Crippen LogP contribution in [0, 0.1) is 0 Å². The number of ether oxygens (including phenoxy) is 2. The van der Waals surface area contributed by atoms with Gasteiger partial charge in [-0.1, -0.05) is 0 Å². The normalized spacial score (nSPS) is 21.6. The largest absolute Gasteiger partial charge is 0.458 e. The minimum absolute atomic E-state index is 0.0399. The second kappa shape index (κ2) is 5.20. The van der Waals surface area contributed by atoms with Gasteiger partial charge in [0.15, 0.2) is 11.2 Å². The van der Waals surface area contributed by atoms with Crippen LogP contribution in [0.4, 0.5) is 0 Å². The molecule has 0 N–H and O–H groups in total. The van der Waals surface area contributed by atoms with Crippen molar-refractivity contribution in [1.29, 1.82) is 0 Å². The summed E-state index contributed by atoms with van der Waals surface area (Å²) in [6.07, 6.45) is -0.0399. The molecule has 0 aromatic carbocycles. The van der Waals surface area contributed by atoms with Crippen molar-refractivity contribution in [2.45, 2.75) is 12.6 Å². The maximum atomic E-state index is 12.4. The van der Waals surface area contributed by atoms with Crippen LogP contribution in [0.1, 0.15) is 0 Å². The van der Waals surface area contributed by atoms with Crippen LogP contribution < -0.4 is 16.0 Å². The van der Waals surface area contributed by atoms with E-state index >= 15 is 0 Å². The molecule has 4 rings (SSSR count).